The molecule has 2 unspecified atom stereocenters. The molecule has 0 radical (unpaired) electrons. The maximum absolute atomic E-state index is 12.2. The van der Waals surface area contributed by atoms with Crippen molar-refractivity contribution in [1.29, 1.82) is 0 Å². The Labute approximate surface area is 130 Å². The molecule has 2 bridgehead atoms. The number of likely N-dealkylation sites (N-methyl/N-ethyl adjacent to an activating group) is 1. The molecule has 2 atom stereocenters. The first-order valence-corrected chi connectivity index (χ1v) is 8.20. The van der Waals surface area contributed by atoms with Crippen molar-refractivity contribution >= 4 is 17.7 Å². The summed E-state index contributed by atoms with van der Waals surface area (Å²) in [5, 5.41) is 6.56. The Balaban J connectivity index is 1.49. The molecule has 3 heterocycles. The Morgan fingerprint density at radius 3 is 2.36 bits per heavy atom. The Morgan fingerprint density at radius 1 is 1.14 bits per heavy atom. The van der Waals surface area contributed by atoms with E-state index >= 15 is 0 Å². The van der Waals surface area contributed by atoms with Crippen LogP contribution >= 0.6 is 0 Å². The molecule has 7 nitrogen and oxygen atoms in total. The smallest absolute Gasteiger partial charge is 0.312 e. The third kappa shape index (κ3) is 3.09. The summed E-state index contributed by atoms with van der Waals surface area (Å²) >= 11 is 0. The molecule has 122 valence electrons. The maximum atomic E-state index is 12.2. The largest absolute Gasteiger partial charge is 0.352 e. The van der Waals surface area contributed by atoms with E-state index in [9.17, 15) is 14.4 Å². The lowest BCUT2D eigenvalue weighted by atomic mass is 10.00. The Hall–Kier alpha value is -1.63. The summed E-state index contributed by atoms with van der Waals surface area (Å²) in [5.74, 6) is -1.22. The highest BCUT2D eigenvalue weighted by molar-refractivity contribution is 6.35. The van der Waals surface area contributed by atoms with Gasteiger partial charge in [-0.15, -0.1) is 0 Å². The van der Waals surface area contributed by atoms with E-state index in [-0.39, 0.29) is 18.5 Å². The van der Waals surface area contributed by atoms with Crippen molar-refractivity contribution in [2.75, 3.05) is 26.2 Å². The van der Waals surface area contributed by atoms with Crippen LogP contribution in [0.25, 0.3) is 0 Å². The van der Waals surface area contributed by atoms with Crippen LogP contribution in [0.15, 0.2) is 0 Å². The lowest BCUT2D eigenvalue weighted by Crippen LogP contribution is -2.57. The van der Waals surface area contributed by atoms with Crippen LogP contribution in [0.2, 0.25) is 0 Å². The van der Waals surface area contributed by atoms with Gasteiger partial charge in [0.25, 0.3) is 0 Å². The SMILES string of the molecule is CCN1CCN(CC(=O)NC2CC3CCC(C2)N3)C(=O)C1=O. The fourth-order valence-corrected chi connectivity index (χ4v) is 3.79. The topological polar surface area (TPSA) is 81.8 Å². The highest BCUT2D eigenvalue weighted by atomic mass is 16.2. The Bertz CT molecular complexity index is 469. The van der Waals surface area contributed by atoms with E-state index in [0.29, 0.717) is 31.7 Å². The lowest BCUT2D eigenvalue weighted by Gasteiger charge is -2.34. The number of fused-ring (bicyclic) bond motifs is 2. The van der Waals surface area contributed by atoms with Crippen molar-refractivity contribution in [3.8, 4) is 0 Å². The fourth-order valence-electron chi connectivity index (χ4n) is 3.79. The molecule has 0 saturated carbocycles. The third-order valence-electron chi connectivity index (χ3n) is 4.95. The van der Waals surface area contributed by atoms with Crippen molar-refractivity contribution in [1.82, 2.24) is 20.4 Å². The predicted octanol–water partition coefficient (Wildman–Crippen LogP) is -0.924. The van der Waals surface area contributed by atoms with Crippen molar-refractivity contribution in [2.45, 2.75) is 50.7 Å². The standard InChI is InChI=1S/C15H24N4O3/c1-2-18-5-6-19(15(22)14(18)21)9-13(20)17-12-7-10-3-4-11(8-12)16-10/h10-12,16H,2-9H2,1H3,(H,17,20). The van der Waals surface area contributed by atoms with E-state index in [1.54, 1.807) is 0 Å². The zero-order valence-electron chi connectivity index (χ0n) is 13.0. The minimum Gasteiger partial charge on any atom is -0.352 e. The van der Waals surface area contributed by atoms with Gasteiger partial charge in [-0.2, -0.15) is 0 Å². The first kappa shape index (κ1) is 15.3. The quantitative estimate of drug-likeness (QED) is 0.658. The molecule has 3 aliphatic rings. The monoisotopic (exact) mass is 308 g/mol. The second-order valence-corrected chi connectivity index (χ2v) is 6.49. The number of nitrogens with one attached hydrogen (secondary N) is 2. The van der Waals surface area contributed by atoms with Crippen LogP contribution in [0.1, 0.15) is 32.6 Å². The summed E-state index contributed by atoms with van der Waals surface area (Å²) in [5.41, 5.74) is 0. The number of piperidine rings is 1. The van der Waals surface area contributed by atoms with Gasteiger partial charge in [-0.3, -0.25) is 14.4 Å². The normalized spacial score (nSPS) is 31.6. The zero-order chi connectivity index (χ0) is 15.7. The molecule has 0 aromatic rings. The zero-order valence-corrected chi connectivity index (χ0v) is 13.0. The van der Waals surface area contributed by atoms with Gasteiger partial charge < -0.3 is 20.4 Å². The minimum atomic E-state index is -0.561. The van der Waals surface area contributed by atoms with Gasteiger partial charge in [0.1, 0.15) is 6.54 Å². The Kier molecular flexibility index (Phi) is 4.33. The van der Waals surface area contributed by atoms with Crippen molar-refractivity contribution in [2.24, 2.45) is 0 Å². The average Bonchev–Trinajstić information content (AvgIpc) is 2.83. The molecule has 0 spiro atoms. The van der Waals surface area contributed by atoms with Crippen molar-refractivity contribution in [3.05, 3.63) is 0 Å². The summed E-state index contributed by atoms with van der Waals surface area (Å²) in [6.45, 7) is 3.30. The van der Waals surface area contributed by atoms with E-state index in [4.69, 9.17) is 0 Å². The van der Waals surface area contributed by atoms with E-state index < -0.39 is 11.8 Å². The van der Waals surface area contributed by atoms with Gasteiger partial charge >= 0.3 is 11.8 Å². The van der Waals surface area contributed by atoms with Gasteiger partial charge in [-0.1, -0.05) is 0 Å². The van der Waals surface area contributed by atoms with Gasteiger partial charge in [-0.25, -0.2) is 0 Å². The molecule has 3 aliphatic heterocycles. The molecular formula is C15H24N4O3. The van der Waals surface area contributed by atoms with Crippen LogP contribution in [-0.4, -0.2) is 71.8 Å². The molecule has 3 amide bonds. The van der Waals surface area contributed by atoms with Crippen LogP contribution in [0, 0.1) is 0 Å². The highest BCUT2D eigenvalue weighted by Gasteiger charge is 2.35. The molecule has 0 aromatic heterocycles. The number of amides is 3. The van der Waals surface area contributed by atoms with E-state index in [1.807, 2.05) is 6.92 Å². The number of piperazine rings is 1. The van der Waals surface area contributed by atoms with Crippen LogP contribution in [0.4, 0.5) is 0 Å². The van der Waals surface area contributed by atoms with E-state index in [1.165, 1.54) is 22.6 Å². The van der Waals surface area contributed by atoms with Crippen LogP contribution in [0.5, 0.6) is 0 Å². The minimum absolute atomic E-state index is 0.0125. The average molecular weight is 308 g/mol. The van der Waals surface area contributed by atoms with Crippen molar-refractivity contribution in [3.63, 3.8) is 0 Å². The fraction of sp³-hybridized carbons (Fsp3) is 0.800. The number of nitrogens with zero attached hydrogens (tertiary/aromatic N) is 2. The first-order chi connectivity index (χ1) is 10.6. The summed E-state index contributed by atoms with van der Waals surface area (Å²) in [7, 11) is 0. The third-order valence-corrected chi connectivity index (χ3v) is 4.95. The second-order valence-electron chi connectivity index (χ2n) is 6.49. The molecular weight excluding hydrogens is 284 g/mol. The van der Waals surface area contributed by atoms with Gasteiger partial charge in [-0.05, 0) is 32.6 Å². The number of hydrogen-bond donors (Lipinski definition) is 2. The number of rotatable bonds is 4. The second kappa shape index (κ2) is 6.24. The highest BCUT2D eigenvalue weighted by Crippen LogP contribution is 2.26. The molecule has 2 N–H and O–H groups in total. The van der Waals surface area contributed by atoms with Gasteiger partial charge in [0, 0.05) is 37.8 Å². The van der Waals surface area contributed by atoms with Gasteiger partial charge in [0.2, 0.25) is 5.91 Å². The van der Waals surface area contributed by atoms with Gasteiger partial charge in [0.15, 0.2) is 0 Å². The molecule has 0 aromatic carbocycles. The summed E-state index contributed by atoms with van der Waals surface area (Å²) in [6.07, 6.45) is 4.28. The predicted molar refractivity (Wildman–Crippen MR) is 79.9 cm³/mol. The molecule has 7 heteroatoms. The molecule has 3 saturated heterocycles. The van der Waals surface area contributed by atoms with Crippen LogP contribution in [-0.2, 0) is 14.4 Å². The number of carbonyl (C=O) groups is 3. The molecule has 22 heavy (non-hydrogen) atoms. The number of hydrogen-bond acceptors (Lipinski definition) is 4. The Morgan fingerprint density at radius 2 is 1.73 bits per heavy atom. The van der Waals surface area contributed by atoms with E-state index in [0.717, 1.165) is 12.8 Å². The molecule has 3 fully saturated rings. The summed E-state index contributed by atoms with van der Waals surface area (Å²) in [4.78, 5) is 38.9. The van der Waals surface area contributed by atoms with Crippen molar-refractivity contribution < 1.29 is 14.4 Å². The summed E-state index contributed by atoms with van der Waals surface area (Å²) in [6, 6.07) is 1.22. The maximum Gasteiger partial charge on any atom is 0.312 e. The van der Waals surface area contributed by atoms with E-state index in [2.05, 4.69) is 10.6 Å². The van der Waals surface area contributed by atoms with Crippen LogP contribution < -0.4 is 10.6 Å². The van der Waals surface area contributed by atoms with Gasteiger partial charge in [0.05, 0.1) is 0 Å². The molecule has 3 rings (SSSR count). The molecule has 0 aliphatic carbocycles. The lowest BCUT2D eigenvalue weighted by molar-refractivity contribution is -0.156. The number of carbonyl (C=O) groups excluding carboxylic acids is 3. The first-order valence-electron chi connectivity index (χ1n) is 8.20. The summed E-state index contributed by atoms with van der Waals surface area (Å²) < 4.78 is 0. The van der Waals surface area contributed by atoms with Crippen LogP contribution in [0.3, 0.4) is 0 Å².